The monoisotopic (exact) mass is 535 g/mol. The van der Waals surface area contributed by atoms with E-state index in [-0.39, 0.29) is 0 Å². The van der Waals surface area contributed by atoms with Crippen molar-refractivity contribution in [2.24, 2.45) is 0 Å². The second-order valence-corrected chi connectivity index (χ2v) is 15.4. The molecule has 0 radical (unpaired) electrons. The van der Waals surface area contributed by atoms with Gasteiger partial charge in [-0.3, -0.25) is 0 Å². The predicted octanol–water partition coefficient (Wildman–Crippen LogP) is 10.7. The first-order valence-electron chi connectivity index (χ1n) is 10.8. The van der Waals surface area contributed by atoms with Crippen LogP contribution in [0.5, 0.6) is 0 Å². The standard InChI is InChI=1S/C22H33NS7/c1-4-6-8-10-15-25-19-20(26-16-11-9-7-5-2)30-22(29-19)21-27-17(13-12-14-23)18(24-3)28-21/h4-13,15-16H2,1-3H3. The lowest BCUT2D eigenvalue weighted by atomic mass is 10.2. The molecule has 0 N–H and O–H groups in total. The SMILES string of the molecule is CCCCCCSC1=C(SCCCCCC)SC(=C2SC(CCC#N)=C(SC)S2)S1. The minimum atomic E-state index is 0.617. The van der Waals surface area contributed by atoms with Crippen LogP contribution in [0, 0.1) is 11.3 Å². The van der Waals surface area contributed by atoms with Gasteiger partial charge in [-0.1, -0.05) is 99.4 Å². The van der Waals surface area contributed by atoms with E-state index in [9.17, 15) is 0 Å². The normalized spacial score (nSPS) is 16.9. The van der Waals surface area contributed by atoms with Gasteiger partial charge in [0.05, 0.1) is 27.3 Å². The third-order valence-electron chi connectivity index (χ3n) is 4.44. The number of hydrogen-bond donors (Lipinski definition) is 0. The fraction of sp³-hybridized carbons (Fsp3) is 0.682. The van der Waals surface area contributed by atoms with E-state index in [1.54, 1.807) is 0 Å². The lowest BCUT2D eigenvalue weighted by molar-refractivity contribution is 0.707. The molecule has 2 aliphatic rings. The Hall–Kier alpha value is 1.16. The summed E-state index contributed by atoms with van der Waals surface area (Å²) in [4.78, 5) is 1.40. The second kappa shape index (κ2) is 16.7. The van der Waals surface area contributed by atoms with Gasteiger partial charge in [-0.2, -0.15) is 5.26 Å². The van der Waals surface area contributed by atoms with Crippen molar-refractivity contribution in [1.29, 1.82) is 5.26 Å². The van der Waals surface area contributed by atoms with Gasteiger partial charge in [0.1, 0.15) is 0 Å². The van der Waals surface area contributed by atoms with Gasteiger partial charge in [-0.25, -0.2) is 0 Å². The van der Waals surface area contributed by atoms with E-state index in [2.05, 4.69) is 49.7 Å². The average molecular weight is 536 g/mol. The van der Waals surface area contributed by atoms with E-state index in [1.165, 1.54) is 89.0 Å². The van der Waals surface area contributed by atoms with Crippen LogP contribution in [0.2, 0.25) is 0 Å². The predicted molar refractivity (Wildman–Crippen MR) is 153 cm³/mol. The van der Waals surface area contributed by atoms with Crippen LogP contribution in [0.25, 0.3) is 0 Å². The van der Waals surface area contributed by atoms with Gasteiger partial charge >= 0.3 is 0 Å². The molecule has 0 amide bonds. The Balaban J connectivity index is 1.97. The fourth-order valence-electron chi connectivity index (χ4n) is 2.80. The molecule has 2 heterocycles. The largest absolute Gasteiger partial charge is 0.198 e. The molecule has 0 aromatic carbocycles. The van der Waals surface area contributed by atoms with Crippen molar-refractivity contribution in [3.05, 3.63) is 26.1 Å². The Morgan fingerprint density at radius 2 is 1.27 bits per heavy atom. The van der Waals surface area contributed by atoms with Crippen LogP contribution in [-0.4, -0.2) is 17.8 Å². The van der Waals surface area contributed by atoms with E-state index in [1.807, 2.05) is 58.8 Å². The zero-order valence-electron chi connectivity index (χ0n) is 18.3. The van der Waals surface area contributed by atoms with Gasteiger partial charge in [0.15, 0.2) is 0 Å². The number of thioether (sulfide) groups is 7. The molecule has 1 nitrogen and oxygen atoms in total. The molecule has 8 heteroatoms. The third-order valence-corrected chi connectivity index (χ3v) is 14.7. The molecule has 0 saturated heterocycles. The van der Waals surface area contributed by atoms with Crippen molar-refractivity contribution in [3.63, 3.8) is 0 Å². The molecule has 2 rings (SSSR count). The number of hydrogen-bond acceptors (Lipinski definition) is 8. The van der Waals surface area contributed by atoms with E-state index < -0.39 is 0 Å². The zero-order valence-corrected chi connectivity index (χ0v) is 24.0. The summed E-state index contributed by atoms with van der Waals surface area (Å²) in [6, 6.07) is 2.31. The van der Waals surface area contributed by atoms with Crippen molar-refractivity contribution in [2.45, 2.75) is 78.1 Å². The van der Waals surface area contributed by atoms with Gasteiger partial charge in [0, 0.05) is 11.3 Å². The first kappa shape index (κ1) is 27.4. The molecular weight excluding hydrogens is 503 g/mol. The summed E-state index contributed by atoms with van der Waals surface area (Å²) >= 11 is 13.9. The topological polar surface area (TPSA) is 23.8 Å². The van der Waals surface area contributed by atoms with Gasteiger partial charge in [0.2, 0.25) is 0 Å². The first-order chi connectivity index (χ1) is 14.7. The lowest BCUT2D eigenvalue weighted by Gasteiger charge is -2.05. The Bertz CT molecular complexity index is 647. The van der Waals surface area contributed by atoms with Crippen LogP contribution < -0.4 is 0 Å². The van der Waals surface area contributed by atoms with Crippen LogP contribution >= 0.6 is 82.3 Å². The average Bonchev–Trinajstić information content (AvgIpc) is 3.35. The number of allylic oxidation sites excluding steroid dienone is 1. The van der Waals surface area contributed by atoms with Crippen molar-refractivity contribution < 1.29 is 0 Å². The maximum atomic E-state index is 8.98. The summed E-state index contributed by atoms with van der Waals surface area (Å²) in [7, 11) is 0. The highest BCUT2D eigenvalue weighted by Gasteiger charge is 2.30. The highest BCUT2D eigenvalue weighted by atomic mass is 32.3. The summed E-state index contributed by atoms with van der Waals surface area (Å²) < 4.78 is 7.38. The molecule has 0 aromatic heterocycles. The fourth-order valence-corrected chi connectivity index (χ4v) is 12.9. The van der Waals surface area contributed by atoms with Crippen LogP contribution in [0.4, 0.5) is 0 Å². The molecule has 0 bridgehead atoms. The quantitative estimate of drug-likeness (QED) is 0.191. The molecule has 0 aromatic rings. The molecular formula is C22H33NS7. The smallest absolute Gasteiger partial charge is 0.0717 e. The maximum absolute atomic E-state index is 8.98. The van der Waals surface area contributed by atoms with Gasteiger partial charge < -0.3 is 0 Å². The molecule has 30 heavy (non-hydrogen) atoms. The molecule has 0 unspecified atom stereocenters. The minimum absolute atomic E-state index is 0.617. The van der Waals surface area contributed by atoms with Crippen LogP contribution in [0.1, 0.15) is 78.1 Å². The Morgan fingerprint density at radius 3 is 1.77 bits per heavy atom. The summed E-state index contributed by atoms with van der Waals surface area (Å²) in [6.07, 6.45) is 14.4. The molecule has 0 spiro atoms. The van der Waals surface area contributed by atoms with Gasteiger partial charge in [-0.05, 0) is 37.0 Å². The number of nitrogens with zero attached hydrogens (tertiary/aromatic N) is 1. The summed E-state index contributed by atoms with van der Waals surface area (Å²) in [5.41, 5.74) is 0. The van der Waals surface area contributed by atoms with Crippen molar-refractivity contribution in [2.75, 3.05) is 17.8 Å². The Morgan fingerprint density at radius 1 is 0.733 bits per heavy atom. The summed E-state index contributed by atoms with van der Waals surface area (Å²) in [6.45, 7) is 4.56. The van der Waals surface area contributed by atoms with E-state index in [4.69, 9.17) is 5.26 Å². The highest BCUT2D eigenvalue weighted by Crippen LogP contribution is 2.65. The van der Waals surface area contributed by atoms with Crippen molar-refractivity contribution >= 4 is 82.3 Å². The molecule has 168 valence electrons. The molecule has 2 aliphatic heterocycles. The van der Waals surface area contributed by atoms with E-state index >= 15 is 0 Å². The summed E-state index contributed by atoms with van der Waals surface area (Å²) in [5, 5.41) is 8.98. The Labute approximate surface area is 214 Å². The highest BCUT2D eigenvalue weighted by molar-refractivity contribution is 8.43. The Kier molecular flexibility index (Phi) is 15.3. The van der Waals surface area contributed by atoms with Crippen LogP contribution in [0.15, 0.2) is 26.1 Å². The third kappa shape index (κ3) is 9.57. The zero-order chi connectivity index (χ0) is 21.6. The lowest BCUT2D eigenvalue weighted by Crippen LogP contribution is -1.83. The van der Waals surface area contributed by atoms with Crippen molar-refractivity contribution in [3.8, 4) is 6.07 Å². The molecule has 0 aliphatic carbocycles. The molecule has 0 atom stereocenters. The van der Waals surface area contributed by atoms with E-state index in [0.29, 0.717) is 6.42 Å². The molecule has 0 fully saturated rings. The van der Waals surface area contributed by atoms with E-state index in [0.717, 1.165) is 6.42 Å². The number of nitriles is 1. The van der Waals surface area contributed by atoms with Gasteiger partial charge in [0.25, 0.3) is 0 Å². The first-order valence-corrected chi connectivity index (χ1v) is 17.3. The summed E-state index contributed by atoms with van der Waals surface area (Å²) in [5.74, 6) is 2.49. The number of rotatable bonds is 15. The minimum Gasteiger partial charge on any atom is -0.198 e. The maximum Gasteiger partial charge on any atom is 0.0717 e. The van der Waals surface area contributed by atoms with Gasteiger partial charge in [-0.15, -0.1) is 35.3 Å². The molecule has 0 saturated carbocycles. The van der Waals surface area contributed by atoms with Crippen LogP contribution in [-0.2, 0) is 0 Å². The van der Waals surface area contributed by atoms with Crippen LogP contribution in [0.3, 0.4) is 0 Å². The number of unbranched alkanes of at least 4 members (excludes halogenated alkanes) is 6. The van der Waals surface area contributed by atoms with Crippen molar-refractivity contribution in [1.82, 2.24) is 0 Å². The second-order valence-electron chi connectivity index (χ2n) is 6.95.